The van der Waals surface area contributed by atoms with Crippen molar-refractivity contribution in [3.8, 4) is 5.75 Å². The molecule has 0 bridgehead atoms. The molecule has 1 aromatic rings. The standard InChI is InChI=1S/C16H27N3O3S/c1-4-18-7-9-19(10-8-18)13(2)11-14-5-6-15(22-3)16(12-14)23(17,20)21/h5-6,12-13H,4,7-11H2,1-3H3,(H2,17,20,21). The molecule has 130 valence electrons. The lowest BCUT2D eigenvalue weighted by Gasteiger charge is -2.37. The van der Waals surface area contributed by atoms with E-state index in [1.165, 1.54) is 7.11 Å². The minimum Gasteiger partial charge on any atom is -0.495 e. The van der Waals surface area contributed by atoms with Crippen molar-refractivity contribution in [1.82, 2.24) is 9.80 Å². The smallest absolute Gasteiger partial charge is 0.241 e. The normalized spacial score (nSPS) is 18.8. The molecule has 0 spiro atoms. The molecule has 2 N–H and O–H groups in total. The van der Waals surface area contributed by atoms with Crippen molar-refractivity contribution in [3.05, 3.63) is 23.8 Å². The minimum atomic E-state index is -3.78. The largest absolute Gasteiger partial charge is 0.495 e. The molecular formula is C16H27N3O3S. The molecule has 0 aliphatic carbocycles. The Hall–Kier alpha value is -1.15. The van der Waals surface area contributed by atoms with Gasteiger partial charge in [0.1, 0.15) is 10.6 Å². The number of likely N-dealkylation sites (N-methyl/N-ethyl adjacent to an activating group) is 1. The fourth-order valence-electron chi connectivity index (χ4n) is 3.06. The lowest BCUT2D eigenvalue weighted by atomic mass is 10.0. The van der Waals surface area contributed by atoms with E-state index < -0.39 is 10.0 Å². The highest BCUT2D eigenvalue weighted by Crippen LogP contribution is 2.25. The molecule has 1 unspecified atom stereocenters. The summed E-state index contributed by atoms with van der Waals surface area (Å²) in [6.07, 6.45) is 0.790. The van der Waals surface area contributed by atoms with E-state index in [2.05, 4.69) is 23.6 Å². The fraction of sp³-hybridized carbons (Fsp3) is 0.625. The third-order valence-electron chi connectivity index (χ3n) is 4.54. The van der Waals surface area contributed by atoms with Gasteiger partial charge in [-0.2, -0.15) is 0 Å². The Morgan fingerprint density at radius 1 is 1.26 bits per heavy atom. The van der Waals surface area contributed by atoms with Gasteiger partial charge in [0.2, 0.25) is 10.0 Å². The van der Waals surface area contributed by atoms with Gasteiger partial charge in [-0.15, -0.1) is 0 Å². The van der Waals surface area contributed by atoms with Crippen molar-refractivity contribution in [1.29, 1.82) is 0 Å². The second-order valence-corrected chi connectivity index (χ2v) is 7.58. The Kier molecular flexibility index (Phi) is 6.02. The molecule has 0 radical (unpaired) electrons. The number of nitrogens with zero attached hydrogens (tertiary/aromatic N) is 2. The third-order valence-corrected chi connectivity index (χ3v) is 5.48. The van der Waals surface area contributed by atoms with Gasteiger partial charge >= 0.3 is 0 Å². The quantitative estimate of drug-likeness (QED) is 0.832. The Labute approximate surface area is 139 Å². The number of rotatable bonds is 6. The number of methoxy groups -OCH3 is 1. The van der Waals surface area contributed by atoms with Gasteiger partial charge in [-0.1, -0.05) is 13.0 Å². The molecule has 23 heavy (non-hydrogen) atoms. The maximum absolute atomic E-state index is 11.7. The second kappa shape index (κ2) is 7.61. The van der Waals surface area contributed by atoms with E-state index in [-0.39, 0.29) is 4.90 Å². The lowest BCUT2D eigenvalue weighted by molar-refractivity contribution is 0.106. The van der Waals surface area contributed by atoms with Crippen LogP contribution >= 0.6 is 0 Å². The first kappa shape index (κ1) is 18.2. The van der Waals surface area contributed by atoms with E-state index in [4.69, 9.17) is 9.88 Å². The van der Waals surface area contributed by atoms with Crippen molar-refractivity contribution < 1.29 is 13.2 Å². The molecule has 7 heteroatoms. The Morgan fingerprint density at radius 3 is 2.43 bits per heavy atom. The molecule has 1 atom stereocenters. The van der Waals surface area contributed by atoms with Crippen LogP contribution in [0.4, 0.5) is 0 Å². The van der Waals surface area contributed by atoms with Crippen LogP contribution < -0.4 is 9.88 Å². The van der Waals surface area contributed by atoms with Crippen molar-refractivity contribution >= 4 is 10.0 Å². The van der Waals surface area contributed by atoms with Gasteiger partial charge in [-0.25, -0.2) is 13.6 Å². The lowest BCUT2D eigenvalue weighted by Crippen LogP contribution is -2.49. The first-order valence-electron chi connectivity index (χ1n) is 8.01. The predicted octanol–water partition coefficient (Wildman–Crippen LogP) is 0.911. The number of benzene rings is 1. The highest BCUT2D eigenvalue weighted by molar-refractivity contribution is 7.89. The summed E-state index contributed by atoms with van der Waals surface area (Å²) >= 11 is 0. The Morgan fingerprint density at radius 2 is 1.91 bits per heavy atom. The average molecular weight is 341 g/mol. The monoisotopic (exact) mass is 341 g/mol. The summed E-state index contributed by atoms with van der Waals surface area (Å²) in [5, 5.41) is 5.28. The molecule has 1 heterocycles. The van der Waals surface area contributed by atoms with Crippen LogP contribution in [0.25, 0.3) is 0 Å². The summed E-state index contributed by atoms with van der Waals surface area (Å²) in [6.45, 7) is 9.74. The molecule has 1 aliphatic heterocycles. The van der Waals surface area contributed by atoms with Gasteiger partial charge in [0, 0.05) is 32.2 Å². The number of nitrogens with two attached hydrogens (primary N) is 1. The number of hydrogen-bond acceptors (Lipinski definition) is 5. The number of hydrogen-bond donors (Lipinski definition) is 1. The summed E-state index contributed by atoms with van der Waals surface area (Å²) < 4.78 is 28.5. The van der Waals surface area contributed by atoms with Crippen molar-refractivity contribution in [2.45, 2.75) is 31.2 Å². The van der Waals surface area contributed by atoms with Crippen LogP contribution in [0.5, 0.6) is 5.75 Å². The molecule has 1 aromatic carbocycles. The number of ether oxygens (including phenoxy) is 1. The Bertz CT molecular complexity index is 625. The minimum absolute atomic E-state index is 0.0560. The van der Waals surface area contributed by atoms with Crippen LogP contribution in [0.15, 0.2) is 23.1 Å². The van der Waals surface area contributed by atoms with Gasteiger partial charge in [0.25, 0.3) is 0 Å². The van der Waals surface area contributed by atoms with Gasteiger partial charge in [-0.05, 0) is 37.6 Å². The predicted molar refractivity (Wildman–Crippen MR) is 91.2 cm³/mol. The van der Waals surface area contributed by atoms with E-state index in [1.807, 2.05) is 6.07 Å². The van der Waals surface area contributed by atoms with E-state index >= 15 is 0 Å². The zero-order valence-electron chi connectivity index (χ0n) is 14.2. The molecule has 1 aliphatic rings. The Balaban J connectivity index is 2.08. The maximum atomic E-state index is 11.7. The molecule has 6 nitrogen and oxygen atoms in total. The van der Waals surface area contributed by atoms with Crippen molar-refractivity contribution in [2.75, 3.05) is 39.8 Å². The highest BCUT2D eigenvalue weighted by atomic mass is 32.2. The van der Waals surface area contributed by atoms with E-state index in [1.54, 1.807) is 12.1 Å². The topological polar surface area (TPSA) is 75.9 Å². The zero-order valence-corrected chi connectivity index (χ0v) is 15.0. The summed E-state index contributed by atoms with van der Waals surface area (Å²) in [4.78, 5) is 4.95. The number of piperazine rings is 1. The fourth-order valence-corrected chi connectivity index (χ4v) is 3.81. The zero-order chi connectivity index (χ0) is 17.0. The first-order valence-corrected chi connectivity index (χ1v) is 9.56. The molecule has 0 saturated carbocycles. The number of primary sulfonamides is 1. The molecule has 0 amide bonds. The van der Waals surface area contributed by atoms with Crippen LogP contribution in [0.1, 0.15) is 19.4 Å². The molecular weight excluding hydrogens is 314 g/mol. The summed E-state index contributed by atoms with van der Waals surface area (Å²) in [5.74, 6) is 0.292. The van der Waals surface area contributed by atoms with Gasteiger partial charge < -0.3 is 9.64 Å². The van der Waals surface area contributed by atoms with E-state index in [0.717, 1.165) is 44.7 Å². The van der Waals surface area contributed by atoms with Crippen LogP contribution in [-0.4, -0.2) is 64.1 Å². The van der Waals surface area contributed by atoms with Gasteiger partial charge in [-0.3, -0.25) is 4.90 Å². The number of sulfonamides is 1. The van der Waals surface area contributed by atoms with Crippen molar-refractivity contribution in [2.24, 2.45) is 5.14 Å². The van der Waals surface area contributed by atoms with Crippen molar-refractivity contribution in [3.63, 3.8) is 0 Å². The van der Waals surface area contributed by atoms with Gasteiger partial charge in [0.05, 0.1) is 7.11 Å². The molecule has 1 saturated heterocycles. The van der Waals surface area contributed by atoms with E-state index in [0.29, 0.717) is 11.8 Å². The summed E-state index contributed by atoms with van der Waals surface area (Å²) in [6, 6.07) is 5.58. The third kappa shape index (κ3) is 4.67. The molecule has 0 aromatic heterocycles. The van der Waals surface area contributed by atoms with Gasteiger partial charge in [0.15, 0.2) is 0 Å². The second-order valence-electron chi connectivity index (χ2n) is 6.05. The molecule has 2 rings (SSSR count). The highest BCUT2D eigenvalue weighted by Gasteiger charge is 2.21. The van der Waals surface area contributed by atoms with E-state index in [9.17, 15) is 8.42 Å². The van der Waals surface area contributed by atoms with Crippen LogP contribution in [0.2, 0.25) is 0 Å². The maximum Gasteiger partial charge on any atom is 0.241 e. The SMILES string of the molecule is CCN1CCN(C(C)Cc2ccc(OC)c(S(N)(=O)=O)c2)CC1. The average Bonchev–Trinajstić information content (AvgIpc) is 2.54. The van der Waals surface area contributed by atoms with Crippen LogP contribution in [0, 0.1) is 0 Å². The van der Waals surface area contributed by atoms with Crippen LogP contribution in [0.3, 0.4) is 0 Å². The van der Waals surface area contributed by atoms with Crippen LogP contribution in [-0.2, 0) is 16.4 Å². The summed E-state index contributed by atoms with van der Waals surface area (Å²) in [5.41, 5.74) is 0.959. The molecule has 1 fully saturated rings. The summed E-state index contributed by atoms with van der Waals surface area (Å²) in [7, 11) is -2.34. The first-order chi connectivity index (χ1) is 10.8.